The van der Waals surface area contributed by atoms with Crippen LogP contribution < -0.4 is 16.2 Å². The Morgan fingerprint density at radius 2 is 1.87 bits per heavy atom. The number of aromatic nitrogens is 3. The van der Waals surface area contributed by atoms with Crippen LogP contribution in [0.5, 0.6) is 0 Å². The zero-order chi connectivity index (χ0) is 22.5. The minimum atomic E-state index is 0.340. The number of hydrazine groups is 1. The molecule has 0 saturated heterocycles. The summed E-state index contributed by atoms with van der Waals surface area (Å²) in [6, 6.07) is 3.80. The standard InChI is InChI=1S/C18H27N7O.2C2H6/c1-11(2)16-8-15(26-25-16)10-19-18-21-12(3)7-17(23-18)22-13(4)24-20-9-14-5-6-14;2*1-2/h7-8,11,14,20H,5-6,9-10H2,1-4H3,(H2,19,21,22,23,24);2*1-2H3. The van der Waals surface area contributed by atoms with Crippen molar-refractivity contribution in [1.82, 2.24) is 26.0 Å². The third-order valence-corrected chi connectivity index (χ3v) is 4.07. The van der Waals surface area contributed by atoms with Crippen LogP contribution in [0, 0.1) is 12.8 Å². The molecule has 0 bridgehead atoms. The summed E-state index contributed by atoms with van der Waals surface area (Å²) < 4.78 is 5.33. The summed E-state index contributed by atoms with van der Waals surface area (Å²) in [6.07, 6.45) is 2.63. The van der Waals surface area contributed by atoms with Gasteiger partial charge in [-0.05, 0) is 38.5 Å². The number of nitrogens with one attached hydrogen (secondary N) is 3. The van der Waals surface area contributed by atoms with Gasteiger partial charge in [0.1, 0.15) is 5.84 Å². The second-order valence-electron chi connectivity index (χ2n) is 7.06. The number of aryl methyl sites for hydroxylation is 1. The number of anilines is 1. The van der Waals surface area contributed by atoms with Crippen LogP contribution in [-0.2, 0) is 6.54 Å². The van der Waals surface area contributed by atoms with Gasteiger partial charge in [-0.1, -0.05) is 46.7 Å². The van der Waals surface area contributed by atoms with E-state index in [-0.39, 0.29) is 0 Å². The molecule has 2 heterocycles. The molecule has 3 N–H and O–H groups in total. The maximum absolute atomic E-state index is 5.33. The van der Waals surface area contributed by atoms with Gasteiger partial charge in [0.25, 0.3) is 0 Å². The minimum absolute atomic E-state index is 0.340. The molecule has 0 aliphatic heterocycles. The molecule has 0 amide bonds. The third-order valence-electron chi connectivity index (χ3n) is 4.07. The maximum Gasteiger partial charge on any atom is 0.225 e. The number of aliphatic imine (C=N–C) groups is 1. The Kier molecular flexibility index (Phi) is 11.7. The van der Waals surface area contributed by atoms with Gasteiger partial charge in [0.15, 0.2) is 11.6 Å². The quantitative estimate of drug-likeness (QED) is 0.311. The second-order valence-corrected chi connectivity index (χ2v) is 7.06. The van der Waals surface area contributed by atoms with E-state index >= 15 is 0 Å². The molecule has 2 aromatic rings. The van der Waals surface area contributed by atoms with Crippen molar-refractivity contribution in [2.75, 3.05) is 11.9 Å². The molecule has 1 aliphatic carbocycles. The first-order chi connectivity index (χ1) is 14.5. The van der Waals surface area contributed by atoms with E-state index in [2.05, 4.69) is 50.1 Å². The molecule has 30 heavy (non-hydrogen) atoms. The van der Waals surface area contributed by atoms with Gasteiger partial charge in [-0.3, -0.25) is 0 Å². The fourth-order valence-electron chi connectivity index (χ4n) is 2.38. The molecule has 1 saturated carbocycles. The highest BCUT2D eigenvalue weighted by molar-refractivity contribution is 5.81. The van der Waals surface area contributed by atoms with Crippen LogP contribution in [0.3, 0.4) is 0 Å². The van der Waals surface area contributed by atoms with Crippen LogP contribution in [0.2, 0.25) is 0 Å². The van der Waals surface area contributed by atoms with Gasteiger partial charge >= 0.3 is 0 Å². The summed E-state index contributed by atoms with van der Waals surface area (Å²) in [6.45, 7) is 17.4. The Labute approximate surface area is 181 Å². The Morgan fingerprint density at radius 1 is 1.17 bits per heavy atom. The van der Waals surface area contributed by atoms with Crippen molar-refractivity contribution in [3.05, 3.63) is 29.3 Å². The number of hydrogen-bond acceptors (Lipinski definition) is 7. The molecular formula is C22H39N7O. The van der Waals surface area contributed by atoms with E-state index in [4.69, 9.17) is 4.52 Å². The van der Waals surface area contributed by atoms with E-state index in [0.29, 0.717) is 24.2 Å². The van der Waals surface area contributed by atoms with E-state index in [1.807, 2.05) is 53.7 Å². The van der Waals surface area contributed by atoms with Crippen molar-refractivity contribution >= 4 is 17.6 Å². The molecule has 8 heteroatoms. The summed E-state index contributed by atoms with van der Waals surface area (Å²) in [4.78, 5) is 13.3. The highest BCUT2D eigenvalue weighted by Gasteiger charge is 2.20. The molecule has 3 rings (SSSR count). The second kappa shape index (κ2) is 13.7. The van der Waals surface area contributed by atoms with Crippen LogP contribution in [0.15, 0.2) is 21.6 Å². The summed E-state index contributed by atoms with van der Waals surface area (Å²) >= 11 is 0. The monoisotopic (exact) mass is 417 g/mol. The lowest BCUT2D eigenvalue weighted by Crippen LogP contribution is -2.37. The molecule has 1 fully saturated rings. The molecule has 0 unspecified atom stereocenters. The number of amidine groups is 1. The Balaban J connectivity index is 0.00000106. The fourth-order valence-corrected chi connectivity index (χ4v) is 2.38. The van der Waals surface area contributed by atoms with Crippen molar-refractivity contribution in [3.63, 3.8) is 0 Å². The summed E-state index contributed by atoms with van der Waals surface area (Å²) in [7, 11) is 0. The SMILES string of the molecule is CC.CC.CC(=Nc1cc(C)nc(NCc2cc(C(C)C)no2)n1)NNCC1CC1. The van der Waals surface area contributed by atoms with Crippen LogP contribution >= 0.6 is 0 Å². The first kappa shape index (κ1) is 25.6. The minimum Gasteiger partial charge on any atom is -0.359 e. The molecule has 1 aliphatic rings. The highest BCUT2D eigenvalue weighted by Crippen LogP contribution is 2.27. The lowest BCUT2D eigenvalue weighted by Gasteiger charge is -2.08. The molecular weight excluding hydrogens is 378 g/mol. The van der Waals surface area contributed by atoms with Crippen molar-refractivity contribution in [2.24, 2.45) is 10.9 Å². The van der Waals surface area contributed by atoms with Crippen LogP contribution in [0.4, 0.5) is 11.8 Å². The van der Waals surface area contributed by atoms with Gasteiger partial charge in [0.2, 0.25) is 5.95 Å². The Bertz CT molecular complexity index is 767. The fraction of sp³-hybridized carbons (Fsp3) is 0.636. The lowest BCUT2D eigenvalue weighted by atomic mass is 10.1. The lowest BCUT2D eigenvalue weighted by molar-refractivity contribution is 0.379. The Hall–Kier alpha value is -2.48. The number of rotatable bonds is 8. The zero-order valence-corrected chi connectivity index (χ0v) is 19.8. The summed E-state index contributed by atoms with van der Waals surface area (Å²) in [5.41, 5.74) is 8.09. The average molecular weight is 418 g/mol. The number of hydrogen-bond donors (Lipinski definition) is 3. The van der Waals surface area contributed by atoms with E-state index in [1.165, 1.54) is 12.8 Å². The smallest absolute Gasteiger partial charge is 0.225 e. The van der Waals surface area contributed by atoms with Gasteiger partial charge in [-0.2, -0.15) is 4.98 Å². The molecule has 2 aromatic heterocycles. The zero-order valence-electron chi connectivity index (χ0n) is 19.8. The first-order valence-electron chi connectivity index (χ1n) is 11.1. The van der Waals surface area contributed by atoms with Crippen molar-refractivity contribution in [3.8, 4) is 0 Å². The van der Waals surface area contributed by atoms with E-state index < -0.39 is 0 Å². The van der Waals surface area contributed by atoms with Crippen LogP contribution in [-0.4, -0.2) is 27.5 Å². The molecule has 168 valence electrons. The number of nitrogens with zero attached hydrogens (tertiary/aromatic N) is 4. The molecule has 0 aromatic carbocycles. The van der Waals surface area contributed by atoms with Gasteiger partial charge in [-0.25, -0.2) is 15.4 Å². The van der Waals surface area contributed by atoms with Crippen LogP contribution in [0.25, 0.3) is 0 Å². The van der Waals surface area contributed by atoms with Gasteiger partial charge < -0.3 is 15.3 Å². The van der Waals surface area contributed by atoms with Gasteiger partial charge in [-0.15, -0.1) is 0 Å². The van der Waals surface area contributed by atoms with Crippen LogP contribution in [0.1, 0.15) is 84.4 Å². The van der Waals surface area contributed by atoms with E-state index in [0.717, 1.165) is 35.4 Å². The molecule has 0 radical (unpaired) electrons. The maximum atomic E-state index is 5.33. The topological polar surface area (TPSA) is 100 Å². The molecule has 0 spiro atoms. The van der Waals surface area contributed by atoms with Gasteiger partial charge in [0.05, 0.1) is 12.2 Å². The van der Waals surface area contributed by atoms with Crippen molar-refractivity contribution in [1.29, 1.82) is 0 Å². The molecule has 0 atom stereocenters. The molecule has 8 nitrogen and oxygen atoms in total. The largest absolute Gasteiger partial charge is 0.359 e. The third kappa shape index (κ3) is 9.35. The van der Waals surface area contributed by atoms with Crippen molar-refractivity contribution < 1.29 is 4.52 Å². The summed E-state index contributed by atoms with van der Waals surface area (Å²) in [5.74, 6) is 3.80. The predicted molar refractivity (Wildman–Crippen MR) is 124 cm³/mol. The highest BCUT2D eigenvalue weighted by atomic mass is 16.5. The normalized spacial score (nSPS) is 13.2. The first-order valence-corrected chi connectivity index (χ1v) is 11.1. The summed E-state index contributed by atoms with van der Waals surface area (Å²) in [5, 5.41) is 7.23. The average Bonchev–Trinajstić information content (AvgIpc) is 3.42. The van der Waals surface area contributed by atoms with E-state index in [1.54, 1.807) is 0 Å². The predicted octanol–water partition coefficient (Wildman–Crippen LogP) is 5.12. The van der Waals surface area contributed by atoms with Crippen molar-refractivity contribution in [2.45, 2.75) is 80.7 Å². The van der Waals surface area contributed by atoms with E-state index in [9.17, 15) is 0 Å². The van der Waals surface area contributed by atoms with Gasteiger partial charge in [0, 0.05) is 24.4 Å². The Morgan fingerprint density at radius 3 is 2.47 bits per heavy atom.